The molecule has 5 heteroatoms. The summed E-state index contributed by atoms with van der Waals surface area (Å²) in [5.74, 6) is -0.641. The van der Waals surface area contributed by atoms with E-state index in [1.807, 2.05) is 0 Å². The Bertz CT molecular complexity index is 368. The van der Waals surface area contributed by atoms with Gasteiger partial charge >= 0.3 is 0 Å². The van der Waals surface area contributed by atoms with Gasteiger partial charge in [-0.3, -0.25) is 10.0 Å². The lowest BCUT2D eigenvalue weighted by atomic mass is 10.1. The SMILES string of the molecule is COc1ccc(CCCC(=O)NO)cc1F. The lowest BCUT2D eigenvalue weighted by Gasteiger charge is -2.04. The van der Waals surface area contributed by atoms with Gasteiger partial charge in [-0.15, -0.1) is 0 Å². The van der Waals surface area contributed by atoms with Gasteiger partial charge in [-0.05, 0) is 30.5 Å². The minimum absolute atomic E-state index is 0.205. The molecule has 0 spiro atoms. The number of hydroxylamine groups is 1. The maximum atomic E-state index is 13.3. The standard InChI is InChI=1S/C11H14FNO3/c1-16-10-6-5-8(7-9(10)12)3-2-4-11(14)13-15/h5-7,15H,2-4H2,1H3,(H,13,14). The average molecular weight is 227 g/mol. The highest BCUT2D eigenvalue weighted by molar-refractivity contribution is 5.74. The van der Waals surface area contributed by atoms with Crippen LogP contribution in [0.4, 0.5) is 4.39 Å². The molecule has 0 aliphatic heterocycles. The summed E-state index contributed by atoms with van der Waals surface area (Å²) in [4.78, 5) is 10.7. The van der Waals surface area contributed by atoms with Gasteiger partial charge in [-0.2, -0.15) is 0 Å². The summed E-state index contributed by atoms with van der Waals surface area (Å²) in [5, 5.41) is 8.27. The first-order chi connectivity index (χ1) is 7.67. The van der Waals surface area contributed by atoms with E-state index in [9.17, 15) is 9.18 Å². The Morgan fingerprint density at radius 3 is 2.88 bits per heavy atom. The zero-order chi connectivity index (χ0) is 12.0. The van der Waals surface area contributed by atoms with Crippen LogP contribution in [0.25, 0.3) is 0 Å². The van der Waals surface area contributed by atoms with Crippen LogP contribution in [-0.2, 0) is 11.2 Å². The number of hydrogen-bond acceptors (Lipinski definition) is 3. The monoisotopic (exact) mass is 227 g/mol. The molecule has 0 bridgehead atoms. The Morgan fingerprint density at radius 1 is 1.56 bits per heavy atom. The molecular weight excluding hydrogens is 213 g/mol. The summed E-state index contributed by atoms with van der Waals surface area (Å²) in [6.45, 7) is 0. The molecule has 0 saturated heterocycles. The first-order valence-electron chi connectivity index (χ1n) is 4.92. The van der Waals surface area contributed by atoms with Crippen molar-refractivity contribution in [1.82, 2.24) is 5.48 Å². The second kappa shape index (κ2) is 6.07. The van der Waals surface area contributed by atoms with Crippen LogP contribution in [0.2, 0.25) is 0 Å². The molecule has 0 fully saturated rings. The smallest absolute Gasteiger partial charge is 0.243 e. The second-order valence-electron chi connectivity index (χ2n) is 3.36. The second-order valence-corrected chi connectivity index (χ2v) is 3.36. The van der Waals surface area contributed by atoms with Crippen molar-refractivity contribution in [3.8, 4) is 5.75 Å². The number of ether oxygens (including phenoxy) is 1. The fourth-order valence-corrected chi connectivity index (χ4v) is 1.37. The maximum Gasteiger partial charge on any atom is 0.243 e. The Kier molecular flexibility index (Phi) is 4.72. The largest absolute Gasteiger partial charge is 0.494 e. The van der Waals surface area contributed by atoms with Gasteiger partial charge in [0.05, 0.1) is 7.11 Å². The number of aryl methyl sites for hydroxylation is 1. The molecule has 1 aromatic carbocycles. The molecule has 0 radical (unpaired) electrons. The summed E-state index contributed by atoms with van der Waals surface area (Å²) < 4.78 is 18.0. The molecule has 0 saturated carbocycles. The number of benzene rings is 1. The van der Waals surface area contributed by atoms with Crippen LogP contribution in [0.1, 0.15) is 18.4 Å². The van der Waals surface area contributed by atoms with Crippen LogP contribution in [0.5, 0.6) is 5.75 Å². The fraction of sp³-hybridized carbons (Fsp3) is 0.364. The van der Waals surface area contributed by atoms with Crippen molar-refractivity contribution in [3.05, 3.63) is 29.6 Å². The van der Waals surface area contributed by atoms with E-state index in [1.165, 1.54) is 13.2 Å². The van der Waals surface area contributed by atoms with Crippen LogP contribution >= 0.6 is 0 Å². The highest BCUT2D eigenvalue weighted by Crippen LogP contribution is 2.18. The third kappa shape index (κ3) is 3.51. The van der Waals surface area contributed by atoms with E-state index < -0.39 is 11.7 Å². The number of methoxy groups -OCH3 is 1. The normalized spacial score (nSPS) is 9.94. The van der Waals surface area contributed by atoms with Crippen molar-refractivity contribution >= 4 is 5.91 Å². The van der Waals surface area contributed by atoms with Gasteiger partial charge < -0.3 is 4.74 Å². The van der Waals surface area contributed by atoms with Gasteiger partial charge in [-0.25, -0.2) is 9.87 Å². The molecule has 0 unspecified atom stereocenters. The molecule has 0 aromatic heterocycles. The van der Waals surface area contributed by atoms with Crippen molar-refractivity contribution in [2.75, 3.05) is 7.11 Å². The highest BCUT2D eigenvalue weighted by Gasteiger charge is 2.04. The molecule has 2 N–H and O–H groups in total. The number of carbonyl (C=O) groups is 1. The predicted molar refractivity (Wildman–Crippen MR) is 55.8 cm³/mol. The molecule has 4 nitrogen and oxygen atoms in total. The maximum absolute atomic E-state index is 13.3. The zero-order valence-corrected chi connectivity index (χ0v) is 9.00. The highest BCUT2D eigenvalue weighted by atomic mass is 19.1. The van der Waals surface area contributed by atoms with Gasteiger partial charge in [0, 0.05) is 6.42 Å². The Morgan fingerprint density at radius 2 is 2.31 bits per heavy atom. The Hall–Kier alpha value is -1.62. The fourth-order valence-electron chi connectivity index (χ4n) is 1.37. The van der Waals surface area contributed by atoms with Crippen molar-refractivity contribution in [1.29, 1.82) is 0 Å². The van der Waals surface area contributed by atoms with Gasteiger partial charge in [0.15, 0.2) is 11.6 Å². The predicted octanol–water partition coefficient (Wildman–Crippen LogP) is 1.66. The van der Waals surface area contributed by atoms with Gasteiger partial charge in [0.1, 0.15) is 0 Å². The van der Waals surface area contributed by atoms with Crippen molar-refractivity contribution in [2.45, 2.75) is 19.3 Å². The number of nitrogens with one attached hydrogen (secondary N) is 1. The molecule has 0 aliphatic carbocycles. The number of carbonyl (C=O) groups excluding carboxylic acids is 1. The summed E-state index contributed by atoms with van der Waals surface area (Å²) in [5.41, 5.74) is 2.34. The number of rotatable bonds is 5. The molecule has 0 atom stereocenters. The van der Waals surface area contributed by atoms with Gasteiger partial charge in [-0.1, -0.05) is 6.07 Å². The topological polar surface area (TPSA) is 58.6 Å². The van der Waals surface area contributed by atoms with Crippen molar-refractivity contribution < 1.29 is 19.1 Å². The molecule has 0 heterocycles. The van der Waals surface area contributed by atoms with Crippen molar-refractivity contribution in [3.63, 3.8) is 0 Å². The van der Waals surface area contributed by atoms with Crippen molar-refractivity contribution in [2.24, 2.45) is 0 Å². The first kappa shape index (κ1) is 12.4. The first-order valence-corrected chi connectivity index (χ1v) is 4.92. The molecule has 1 rings (SSSR count). The third-order valence-electron chi connectivity index (χ3n) is 2.21. The zero-order valence-electron chi connectivity index (χ0n) is 9.00. The van der Waals surface area contributed by atoms with Gasteiger partial charge in [0.2, 0.25) is 5.91 Å². The van der Waals surface area contributed by atoms with Crippen LogP contribution in [0.3, 0.4) is 0 Å². The lowest BCUT2D eigenvalue weighted by molar-refractivity contribution is -0.129. The Balaban J connectivity index is 2.49. The van der Waals surface area contributed by atoms with E-state index in [0.29, 0.717) is 12.8 Å². The quantitative estimate of drug-likeness (QED) is 0.594. The lowest BCUT2D eigenvalue weighted by Crippen LogP contribution is -2.18. The molecular formula is C11H14FNO3. The number of halogens is 1. The minimum atomic E-state index is -0.436. The van der Waals surface area contributed by atoms with Crippen LogP contribution in [0, 0.1) is 5.82 Å². The average Bonchev–Trinajstić information content (AvgIpc) is 2.29. The van der Waals surface area contributed by atoms with Gasteiger partial charge in [0.25, 0.3) is 0 Å². The summed E-state index contributed by atoms with van der Waals surface area (Å²) in [6.07, 6.45) is 1.34. The molecule has 88 valence electrons. The van der Waals surface area contributed by atoms with E-state index in [0.717, 1.165) is 5.56 Å². The van der Waals surface area contributed by atoms with E-state index in [-0.39, 0.29) is 12.2 Å². The summed E-state index contributed by atoms with van der Waals surface area (Å²) in [7, 11) is 1.41. The molecule has 1 aromatic rings. The Labute approximate surface area is 93.0 Å². The summed E-state index contributed by atoms with van der Waals surface area (Å²) in [6, 6.07) is 4.69. The van der Waals surface area contributed by atoms with E-state index in [2.05, 4.69) is 0 Å². The van der Waals surface area contributed by atoms with Crippen LogP contribution in [0.15, 0.2) is 18.2 Å². The summed E-state index contributed by atoms with van der Waals surface area (Å²) >= 11 is 0. The number of amides is 1. The molecule has 16 heavy (non-hydrogen) atoms. The minimum Gasteiger partial charge on any atom is -0.494 e. The van der Waals surface area contributed by atoms with E-state index in [1.54, 1.807) is 17.6 Å². The number of hydrogen-bond donors (Lipinski definition) is 2. The molecule has 1 amide bonds. The van der Waals surface area contributed by atoms with E-state index in [4.69, 9.17) is 9.94 Å². The molecule has 0 aliphatic rings. The van der Waals surface area contributed by atoms with Crippen LogP contribution < -0.4 is 10.2 Å². The van der Waals surface area contributed by atoms with Crippen LogP contribution in [-0.4, -0.2) is 18.2 Å². The van der Waals surface area contributed by atoms with E-state index >= 15 is 0 Å². The third-order valence-corrected chi connectivity index (χ3v) is 2.21.